The predicted molar refractivity (Wildman–Crippen MR) is 246 cm³/mol. The lowest BCUT2D eigenvalue weighted by Crippen LogP contribution is -2.50. The number of carbonyl (C=O) groups excluding carboxylic acids is 1. The Hall–Kier alpha value is -0.650. The maximum Gasteiger partial charge on any atom is 0.220 e. The standard InChI is InChI=1S/C51H103NO4/c1-3-5-7-9-11-13-15-16-17-18-19-20-21-22-23-24-25-26-27-28-29-30-31-32-33-34-35-36-38-40-42-44-46-50(55)52-48(47-53)51(56)49(54)45-43-41-39-37-14-12-10-8-6-4-2/h48-49,51,53-54,56H,3-47H2,1-2H3,(H,52,55). The number of amides is 1. The molecule has 0 aliphatic carbocycles. The van der Waals surface area contributed by atoms with Crippen LogP contribution in [0.2, 0.25) is 0 Å². The fourth-order valence-electron chi connectivity index (χ4n) is 8.46. The minimum absolute atomic E-state index is 0.139. The van der Waals surface area contributed by atoms with Crippen LogP contribution in [0.1, 0.15) is 296 Å². The third kappa shape index (κ3) is 41.5. The first-order chi connectivity index (χ1) is 27.6. The molecule has 0 saturated carbocycles. The number of aliphatic hydroxyl groups is 3. The van der Waals surface area contributed by atoms with E-state index in [0.717, 1.165) is 38.5 Å². The largest absolute Gasteiger partial charge is 0.394 e. The van der Waals surface area contributed by atoms with Crippen LogP contribution in [0.3, 0.4) is 0 Å². The zero-order valence-electron chi connectivity index (χ0n) is 38.3. The van der Waals surface area contributed by atoms with E-state index in [1.54, 1.807) is 0 Å². The van der Waals surface area contributed by atoms with Crippen LogP contribution in [0, 0.1) is 0 Å². The quantitative estimate of drug-likeness (QED) is 0.0462. The van der Waals surface area contributed by atoms with E-state index in [4.69, 9.17) is 0 Å². The maximum absolute atomic E-state index is 12.4. The van der Waals surface area contributed by atoms with Gasteiger partial charge in [-0.25, -0.2) is 0 Å². The second kappa shape index (κ2) is 47.0. The highest BCUT2D eigenvalue weighted by Gasteiger charge is 2.26. The highest BCUT2D eigenvalue weighted by Crippen LogP contribution is 2.18. The summed E-state index contributed by atoms with van der Waals surface area (Å²) in [7, 11) is 0. The Morgan fingerprint density at radius 3 is 0.857 bits per heavy atom. The van der Waals surface area contributed by atoms with Crippen LogP contribution in [0.15, 0.2) is 0 Å². The lowest BCUT2D eigenvalue weighted by atomic mass is 9.99. The molecule has 0 saturated heterocycles. The lowest BCUT2D eigenvalue weighted by molar-refractivity contribution is -0.124. The molecule has 5 heteroatoms. The number of aliphatic hydroxyl groups excluding tert-OH is 3. The van der Waals surface area contributed by atoms with Gasteiger partial charge in [-0.05, 0) is 12.8 Å². The van der Waals surface area contributed by atoms with Crippen molar-refractivity contribution in [2.75, 3.05) is 6.61 Å². The first-order valence-corrected chi connectivity index (χ1v) is 25.8. The number of unbranched alkanes of at least 4 members (excludes halogenated alkanes) is 40. The van der Waals surface area contributed by atoms with E-state index in [9.17, 15) is 20.1 Å². The van der Waals surface area contributed by atoms with Crippen molar-refractivity contribution >= 4 is 5.91 Å². The molecule has 0 rings (SSSR count). The zero-order valence-corrected chi connectivity index (χ0v) is 38.3. The summed E-state index contributed by atoms with van der Waals surface area (Å²) in [5, 5.41) is 33.5. The van der Waals surface area contributed by atoms with Gasteiger partial charge in [0.25, 0.3) is 0 Å². The molecule has 0 aromatic carbocycles. The fourth-order valence-corrected chi connectivity index (χ4v) is 8.46. The van der Waals surface area contributed by atoms with Crippen molar-refractivity contribution in [1.29, 1.82) is 0 Å². The summed E-state index contributed by atoms with van der Waals surface area (Å²) < 4.78 is 0. The lowest BCUT2D eigenvalue weighted by Gasteiger charge is -2.26. The molecule has 0 aromatic heterocycles. The highest BCUT2D eigenvalue weighted by molar-refractivity contribution is 5.76. The molecule has 0 heterocycles. The third-order valence-corrected chi connectivity index (χ3v) is 12.5. The summed E-state index contributed by atoms with van der Waals surface area (Å²) in [5.41, 5.74) is 0. The summed E-state index contributed by atoms with van der Waals surface area (Å²) in [6, 6.07) is -0.802. The molecule has 4 N–H and O–H groups in total. The van der Waals surface area contributed by atoms with Gasteiger partial charge in [0.1, 0.15) is 6.10 Å². The maximum atomic E-state index is 12.4. The molecule has 0 radical (unpaired) electrons. The number of hydrogen-bond acceptors (Lipinski definition) is 4. The molecular formula is C51H103NO4. The summed E-state index contributed by atoms with van der Waals surface area (Å²) >= 11 is 0. The van der Waals surface area contributed by atoms with Crippen LogP contribution in [-0.4, -0.2) is 46.1 Å². The van der Waals surface area contributed by atoms with E-state index < -0.39 is 18.2 Å². The number of rotatable bonds is 48. The van der Waals surface area contributed by atoms with Crippen LogP contribution in [0.4, 0.5) is 0 Å². The molecule has 5 nitrogen and oxygen atoms in total. The summed E-state index contributed by atoms with van der Waals surface area (Å²) in [6.45, 7) is 4.19. The molecular weight excluding hydrogens is 691 g/mol. The average Bonchev–Trinajstić information content (AvgIpc) is 3.20. The van der Waals surface area contributed by atoms with Gasteiger partial charge in [-0.2, -0.15) is 0 Å². The number of hydrogen-bond donors (Lipinski definition) is 4. The molecule has 0 spiro atoms. The number of nitrogens with one attached hydrogen (secondary N) is 1. The van der Waals surface area contributed by atoms with Gasteiger partial charge in [0.2, 0.25) is 5.91 Å². The molecule has 336 valence electrons. The average molecular weight is 794 g/mol. The minimum atomic E-state index is -1.13. The van der Waals surface area contributed by atoms with Crippen molar-refractivity contribution in [1.82, 2.24) is 5.32 Å². The van der Waals surface area contributed by atoms with Crippen molar-refractivity contribution in [3.8, 4) is 0 Å². The van der Waals surface area contributed by atoms with Crippen molar-refractivity contribution in [3.63, 3.8) is 0 Å². The van der Waals surface area contributed by atoms with Gasteiger partial charge >= 0.3 is 0 Å². The van der Waals surface area contributed by atoms with Crippen molar-refractivity contribution in [2.45, 2.75) is 315 Å². The van der Waals surface area contributed by atoms with Gasteiger partial charge in [0.05, 0.1) is 18.8 Å². The van der Waals surface area contributed by atoms with Crippen LogP contribution in [-0.2, 0) is 4.79 Å². The SMILES string of the molecule is CCCCCCCCCCCCCCCCCCCCCCCCCCCCCCCCCCC(=O)NC(CO)C(O)C(O)CCCCCCCCCCCC. The second-order valence-electron chi connectivity index (χ2n) is 18.1. The smallest absolute Gasteiger partial charge is 0.220 e. The second-order valence-corrected chi connectivity index (χ2v) is 18.1. The molecule has 0 fully saturated rings. The van der Waals surface area contributed by atoms with E-state index in [-0.39, 0.29) is 12.5 Å². The van der Waals surface area contributed by atoms with Gasteiger partial charge in [-0.3, -0.25) is 4.79 Å². The molecule has 3 atom stereocenters. The first kappa shape index (κ1) is 55.4. The van der Waals surface area contributed by atoms with Gasteiger partial charge in [-0.1, -0.05) is 277 Å². The van der Waals surface area contributed by atoms with E-state index in [0.29, 0.717) is 12.8 Å². The predicted octanol–water partition coefficient (Wildman–Crippen LogP) is 15.4. The molecule has 0 aliphatic heterocycles. The van der Waals surface area contributed by atoms with E-state index in [2.05, 4.69) is 19.2 Å². The van der Waals surface area contributed by atoms with Gasteiger partial charge in [-0.15, -0.1) is 0 Å². The zero-order chi connectivity index (χ0) is 40.8. The van der Waals surface area contributed by atoms with Gasteiger partial charge in [0, 0.05) is 6.42 Å². The Bertz CT molecular complexity index is 747. The molecule has 0 bridgehead atoms. The molecule has 3 unspecified atom stereocenters. The minimum Gasteiger partial charge on any atom is -0.394 e. The monoisotopic (exact) mass is 794 g/mol. The van der Waals surface area contributed by atoms with Crippen molar-refractivity contribution in [3.05, 3.63) is 0 Å². The molecule has 56 heavy (non-hydrogen) atoms. The molecule has 1 amide bonds. The van der Waals surface area contributed by atoms with Crippen LogP contribution in [0.5, 0.6) is 0 Å². The van der Waals surface area contributed by atoms with Crippen molar-refractivity contribution < 1.29 is 20.1 Å². The summed E-state index contributed by atoms with van der Waals surface area (Å²) in [6.07, 6.45) is 55.5. The van der Waals surface area contributed by atoms with Crippen LogP contribution in [0.25, 0.3) is 0 Å². The summed E-state index contributed by atoms with van der Waals surface area (Å²) in [5.74, 6) is -0.139. The van der Waals surface area contributed by atoms with Gasteiger partial charge < -0.3 is 20.6 Å². The van der Waals surface area contributed by atoms with E-state index in [1.165, 1.54) is 231 Å². The van der Waals surface area contributed by atoms with E-state index >= 15 is 0 Å². The Morgan fingerprint density at radius 2 is 0.607 bits per heavy atom. The Kier molecular flexibility index (Phi) is 46.5. The number of carbonyl (C=O) groups is 1. The third-order valence-electron chi connectivity index (χ3n) is 12.5. The summed E-state index contributed by atoms with van der Waals surface area (Å²) in [4.78, 5) is 12.4. The first-order valence-electron chi connectivity index (χ1n) is 25.8. The fraction of sp³-hybridized carbons (Fsp3) is 0.980. The van der Waals surface area contributed by atoms with Gasteiger partial charge in [0.15, 0.2) is 0 Å². The van der Waals surface area contributed by atoms with E-state index in [1.807, 2.05) is 0 Å². The van der Waals surface area contributed by atoms with Crippen molar-refractivity contribution in [2.24, 2.45) is 0 Å². The highest BCUT2D eigenvalue weighted by atomic mass is 16.3. The van der Waals surface area contributed by atoms with Crippen LogP contribution < -0.4 is 5.32 Å². The van der Waals surface area contributed by atoms with Crippen LogP contribution >= 0.6 is 0 Å². The topological polar surface area (TPSA) is 89.8 Å². The Balaban J connectivity index is 3.40. The Morgan fingerprint density at radius 1 is 0.375 bits per heavy atom. The normalized spacial score (nSPS) is 13.3. The molecule has 0 aliphatic rings. The Labute approximate surface area is 351 Å². The molecule has 0 aromatic rings.